The summed E-state index contributed by atoms with van der Waals surface area (Å²) in [4.78, 5) is 32.4. The number of fused-ring (bicyclic) bond motifs is 2. The molecule has 0 radical (unpaired) electrons. The van der Waals surface area contributed by atoms with Gasteiger partial charge in [-0.1, -0.05) is 0 Å². The molecule has 5 rings (SSSR count). The van der Waals surface area contributed by atoms with Crippen LogP contribution in [0.15, 0.2) is 30.3 Å². The number of methoxy groups -OCH3 is 2. The maximum absolute atomic E-state index is 13.5. The maximum Gasteiger partial charge on any atom is 0.253 e. The molecule has 37 heavy (non-hydrogen) atoms. The maximum atomic E-state index is 13.5. The van der Waals surface area contributed by atoms with Crippen molar-refractivity contribution < 1.29 is 28.5 Å². The molecule has 0 spiro atoms. The number of likely N-dealkylation sites (N-methyl/N-ethyl adjacent to an activating group) is 1. The quantitative estimate of drug-likeness (QED) is 0.568. The summed E-state index contributed by atoms with van der Waals surface area (Å²) in [7, 11) is 5.09. The van der Waals surface area contributed by atoms with E-state index in [0.29, 0.717) is 42.4 Å². The number of benzene rings is 2. The largest absolute Gasteiger partial charge is 0.493 e. The van der Waals surface area contributed by atoms with E-state index in [1.54, 1.807) is 37.3 Å². The molecule has 9 nitrogen and oxygen atoms in total. The van der Waals surface area contributed by atoms with Gasteiger partial charge in [0.05, 0.1) is 20.1 Å². The highest BCUT2D eigenvalue weighted by Gasteiger charge is 2.31. The number of rotatable bonds is 7. The summed E-state index contributed by atoms with van der Waals surface area (Å²) < 4.78 is 21.6. The normalized spacial score (nSPS) is 18.8. The summed E-state index contributed by atoms with van der Waals surface area (Å²) in [5, 5.41) is 0. The van der Waals surface area contributed by atoms with E-state index in [0.717, 1.165) is 50.2 Å². The Morgan fingerprint density at radius 3 is 2.57 bits per heavy atom. The predicted molar refractivity (Wildman–Crippen MR) is 137 cm³/mol. The van der Waals surface area contributed by atoms with Gasteiger partial charge in [-0.15, -0.1) is 0 Å². The second-order valence-electron chi connectivity index (χ2n) is 9.92. The molecular formula is C28H35N3O6. The van der Waals surface area contributed by atoms with E-state index in [2.05, 4.69) is 4.90 Å². The van der Waals surface area contributed by atoms with Gasteiger partial charge in [0.2, 0.25) is 12.7 Å². The number of likely N-dealkylation sites (tertiary alicyclic amines) is 1. The first-order valence-corrected chi connectivity index (χ1v) is 12.9. The molecule has 1 fully saturated rings. The van der Waals surface area contributed by atoms with Crippen LogP contribution in [0.3, 0.4) is 0 Å². The Morgan fingerprint density at radius 1 is 1.03 bits per heavy atom. The number of hydrogen-bond acceptors (Lipinski definition) is 7. The zero-order chi connectivity index (χ0) is 25.9. The smallest absolute Gasteiger partial charge is 0.253 e. The lowest BCUT2D eigenvalue weighted by atomic mass is 9.93. The Labute approximate surface area is 217 Å². The van der Waals surface area contributed by atoms with Crippen molar-refractivity contribution in [3.8, 4) is 23.0 Å². The molecule has 1 atom stereocenters. The van der Waals surface area contributed by atoms with Gasteiger partial charge in [-0.3, -0.25) is 9.59 Å². The fourth-order valence-corrected chi connectivity index (χ4v) is 5.43. The molecule has 0 aliphatic carbocycles. The predicted octanol–water partition coefficient (Wildman–Crippen LogP) is 2.80. The molecule has 2 aromatic carbocycles. The molecule has 198 valence electrons. The standard InChI is InChI=1S/C28H35N3O6/c1-29(27(32)20-6-7-23-26(14-20)37-18-36-23)11-12-30-9-4-5-21(16-30)28(33)31-10-8-19-13-24(34-2)25(35-3)15-22(19)17-31/h6-7,13-15,21H,4-5,8-12,16-18H2,1-3H3. The van der Waals surface area contributed by atoms with Gasteiger partial charge >= 0.3 is 0 Å². The second kappa shape index (κ2) is 10.9. The van der Waals surface area contributed by atoms with Crippen LogP contribution in [0.25, 0.3) is 0 Å². The zero-order valence-corrected chi connectivity index (χ0v) is 21.8. The Kier molecular flexibility index (Phi) is 7.41. The van der Waals surface area contributed by atoms with Gasteiger partial charge in [0.15, 0.2) is 23.0 Å². The van der Waals surface area contributed by atoms with Crippen LogP contribution in [0.4, 0.5) is 0 Å². The van der Waals surface area contributed by atoms with Crippen LogP contribution < -0.4 is 18.9 Å². The van der Waals surface area contributed by atoms with E-state index in [9.17, 15) is 9.59 Å². The van der Waals surface area contributed by atoms with Gasteiger partial charge in [0.1, 0.15) is 0 Å². The van der Waals surface area contributed by atoms with Crippen LogP contribution in [-0.2, 0) is 17.8 Å². The van der Waals surface area contributed by atoms with Crippen molar-refractivity contribution in [2.45, 2.75) is 25.8 Å². The van der Waals surface area contributed by atoms with Crippen LogP contribution in [0.1, 0.15) is 34.3 Å². The average Bonchev–Trinajstić information content (AvgIpc) is 3.42. The van der Waals surface area contributed by atoms with Crippen molar-refractivity contribution in [1.82, 2.24) is 14.7 Å². The Balaban J connectivity index is 1.15. The lowest BCUT2D eigenvalue weighted by molar-refractivity contribution is -0.138. The summed E-state index contributed by atoms with van der Waals surface area (Å²) in [5.74, 6) is 2.83. The van der Waals surface area contributed by atoms with Crippen molar-refractivity contribution in [3.63, 3.8) is 0 Å². The van der Waals surface area contributed by atoms with Gasteiger partial charge in [0.25, 0.3) is 5.91 Å². The average molecular weight is 510 g/mol. The van der Waals surface area contributed by atoms with Gasteiger partial charge in [-0.25, -0.2) is 0 Å². The summed E-state index contributed by atoms with van der Waals surface area (Å²) in [5.41, 5.74) is 2.91. The third-order valence-electron chi connectivity index (χ3n) is 7.60. The van der Waals surface area contributed by atoms with Gasteiger partial charge in [0, 0.05) is 45.3 Å². The SMILES string of the molecule is COc1cc2c(cc1OC)CN(C(=O)C1CCCN(CCN(C)C(=O)c3ccc4c(c3)OCO4)C1)CC2. The molecule has 3 aliphatic heterocycles. The second-order valence-corrected chi connectivity index (χ2v) is 9.92. The van der Waals surface area contributed by atoms with Crippen LogP contribution in [0.5, 0.6) is 23.0 Å². The number of carbonyl (C=O) groups excluding carboxylic acids is 2. The number of ether oxygens (including phenoxy) is 4. The highest BCUT2D eigenvalue weighted by Crippen LogP contribution is 2.34. The number of nitrogens with zero attached hydrogens (tertiary/aromatic N) is 3. The number of piperidine rings is 1. The molecule has 1 unspecified atom stereocenters. The molecule has 0 aromatic heterocycles. The van der Waals surface area contributed by atoms with Gasteiger partial charge in [-0.05, 0) is 67.3 Å². The van der Waals surface area contributed by atoms with Crippen LogP contribution >= 0.6 is 0 Å². The van der Waals surface area contributed by atoms with E-state index >= 15 is 0 Å². The summed E-state index contributed by atoms with van der Waals surface area (Å²) in [6, 6.07) is 9.30. The number of hydrogen-bond donors (Lipinski definition) is 0. The van der Waals surface area contributed by atoms with Crippen molar-refractivity contribution >= 4 is 11.8 Å². The minimum absolute atomic E-state index is 0.0229. The number of carbonyl (C=O) groups is 2. The van der Waals surface area contributed by atoms with E-state index in [1.807, 2.05) is 24.1 Å². The summed E-state index contributed by atoms with van der Waals surface area (Å²) >= 11 is 0. The van der Waals surface area contributed by atoms with Crippen molar-refractivity contribution in [2.75, 3.05) is 60.8 Å². The first kappa shape index (κ1) is 25.2. The molecule has 0 N–H and O–H groups in total. The molecule has 0 bridgehead atoms. The fraction of sp³-hybridized carbons (Fsp3) is 0.500. The van der Waals surface area contributed by atoms with Gasteiger partial charge in [-0.2, -0.15) is 0 Å². The molecule has 2 aromatic rings. The van der Waals surface area contributed by atoms with E-state index in [-0.39, 0.29) is 24.5 Å². The lowest BCUT2D eigenvalue weighted by Gasteiger charge is -2.37. The fourth-order valence-electron chi connectivity index (χ4n) is 5.43. The van der Waals surface area contributed by atoms with Crippen LogP contribution in [0.2, 0.25) is 0 Å². The third kappa shape index (κ3) is 5.32. The molecule has 9 heteroatoms. The van der Waals surface area contributed by atoms with Crippen LogP contribution in [0, 0.1) is 5.92 Å². The molecule has 2 amide bonds. The molecule has 3 heterocycles. The molecule has 3 aliphatic rings. The minimum Gasteiger partial charge on any atom is -0.493 e. The Hall–Kier alpha value is -3.46. The highest BCUT2D eigenvalue weighted by atomic mass is 16.7. The zero-order valence-electron chi connectivity index (χ0n) is 21.8. The third-order valence-corrected chi connectivity index (χ3v) is 7.60. The summed E-state index contributed by atoms with van der Waals surface area (Å²) in [6.45, 7) is 4.48. The first-order chi connectivity index (χ1) is 18.0. The van der Waals surface area contributed by atoms with Crippen molar-refractivity contribution in [2.24, 2.45) is 5.92 Å². The van der Waals surface area contributed by atoms with E-state index in [4.69, 9.17) is 18.9 Å². The Morgan fingerprint density at radius 2 is 1.78 bits per heavy atom. The van der Waals surface area contributed by atoms with Gasteiger partial charge < -0.3 is 33.6 Å². The van der Waals surface area contributed by atoms with Crippen molar-refractivity contribution in [1.29, 1.82) is 0 Å². The number of amides is 2. The molecule has 0 saturated carbocycles. The minimum atomic E-state index is -0.0537. The monoisotopic (exact) mass is 509 g/mol. The Bertz CT molecular complexity index is 1170. The van der Waals surface area contributed by atoms with E-state index < -0.39 is 0 Å². The van der Waals surface area contributed by atoms with E-state index in [1.165, 1.54) is 5.56 Å². The topological polar surface area (TPSA) is 80.8 Å². The first-order valence-electron chi connectivity index (χ1n) is 12.9. The van der Waals surface area contributed by atoms with Crippen molar-refractivity contribution in [3.05, 3.63) is 47.0 Å². The molecular weight excluding hydrogens is 474 g/mol. The lowest BCUT2D eigenvalue weighted by Crippen LogP contribution is -2.47. The van der Waals surface area contributed by atoms with Crippen LogP contribution in [-0.4, -0.2) is 87.3 Å². The summed E-state index contributed by atoms with van der Waals surface area (Å²) in [6.07, 6.45) is 2.69. The highest BCUT2D eigenvalue weighted by molar-refractivity contribution is 5.94. The molecule has 1 saturated heterocycles.